The van der Waals surface area contributed by atoms with Gasteiger partial charge in [-0.05, 0) is 59.6 Å². The van der Waals surface area contributed by atoms with Crippen molar-refractivity contribution < 1.29 is 24.5 Å². The molecule has 1 heterocycles. The van der Waals surface area contributed by atoms with Crippen molar-refractivity contribution >= 4 is 12.0 Å². The monoisotopic (exact) mass is 488 g/mol. The zero-order valence-corrected chi connectivity index (χ0v) is 20.6. The Labute approximate surface area is 211 Å². The molecule has 3 aromatic rings. The topological polar surface area (TPSA) is 93.5 Å². The van der Waals surface area contributed by atoms with Gasteiger partial charge in [-0.15, -0.1) is 0 Å². The molecule has 0 saturated carbocycles. The van der Waals surface area contributed by atoms with Crippen LogP contribution >= 0.6 is 0 Å². The molecule has 0 saturated heterocycles. The number of aromatic nitrogens is 1. The van der Waals surface area contributed by atoms with Crippen LogP contribution in [0.1, 0.15) is 61.4 Å². The van der Waals surface area contributed by atoms with Crippen molar-refractivity contribution in [2.75, 3.05) is 0 Å². The van der Waals surface area contributed by atoms with Crippen LogP contribution in [0.5, 0.6) is 0 Å². The molecule has 5 nitrogen and oxygen atoms in total. The second kappa shape index (κ2) is 11.1. The van der Waals surface area contributed by atoms with Crippen LogP contribution in [-0.2, 0) is 17.6 Å². The molecular weight excluding hydrogens is 457 g/mol. The highest BCUT2D eigenvalue weighted by Crippen LogP contribution is 2.42. The number of rotatable bonds is 8. The summed E-state index contributed by atoms with van der Waals surface area (Å²) in [6, 6.07) is 14.7. The van der Waals surface area contributed by atoms with Crippen molar-refractivity contribution in [3.8, 4) is 22.4 Å². The summed E-state index contributed by atoms with van der Waals surface area (Å²) in [5.74, 6) is -1.62. The van der Waals surface area contributed by atoms with Crippen LogP contribution in [0, 0.1) is 5.82 Å². The molecule has 0 fully saturated rings. The van der Waals surface area contributed by atoms with Crippen LogP contribution in [0.25, 0.3) is 28.5 Å². The Kier molecular flexibility index (Phi) is 7.97. The van der Waals surface area contributed by atoms with E-state index in [-0.39, 0.29) is 18.2 Å². The van der Waals surface area contributed by atoms with E-state index in [9.17, 15) is 24.5 Å². The summed E-state index contributed by atoms with van der Waals surface area (Å²) >= 11 is 0. The minimum atomic E-state index is -1.37. The summed E-state index contributed by atoms with van der Waals surface area (Å²) in [4.78, 5) is 15.9. The third kappa shape index (κ3) is 5.72. The molecule has 6 heteroatoms. The quantitative estimate of drug-likeness (QED) is 0.489. The van der Waals surface area contributed by atoms with Crippen molar-refractivity contribution in [3.63, 3.8) is 0 Å². The summed E-state index contributed by atoms with van der Waals surface area (Å²) in [6.45, 7) is 4.12. The number of fused-ring (bicyclic) bond motifs is 3. The highest BCUT2D eigenvalue weighted by molar-refractivity contribution is 5.85. The van der Waals surface area contributed by atoms with Gasteiger partial charge in [0.2, 0.25) is 0 Å². The summed E-state index contributed by atoms with van der Waals surface area (Å²) < 4.78 is 13.8. The van der Waals surface area contributed by atoms with Crippen molar-refractivity contribution in [1.82, 2.24) is 4.98 Å². The lowest BCUT2D eigenvalue weighted by Crippen LogP contribution is -2.29. The number of aryl methyl sites for hydroxylation is 1. The normalized spacial score (nSPS) is 14.8. The first-order valence-corrected chi connectivity index (χ1v) is 12.4. The molecule has 4 rings (SSSR count). The minimum absolute atomic E-state index is 0.0605. The average Bonchev–Trinajstić information content (AvgIpc) is 3.01. The summed E-state index contributed by atoms with van der Waals surface area (Å²) in [7, 11) is 0. The summed E-state index contributed by atoms with van der Waals surface area (Å²) in [5.41, 5.74) is 7.89. The van der Waals surface area contributed by atoms with Gasteiger partial charge in [0.15, 0.2) is 0 Å². The standard InChI is InChI=1S/C30H32FNO4/c1-18(2)29-26(15-14-22(33)16-23(34)17-27(35)36)28(20-10-12-21(31)13-11-20)25-9-5-7-19-6-3-4-8-24(19)30(25)32-29/h3-4,6,8,10-15,18,22-23,33-34H,5,7,9,16-17H2,1-2H3,(H,35,36)/p-1/b15-14+. The Hall–Kier alpha value is -3.35. The fourth-order valence-electron chi connectivity index (χ4n) is 4.94. The number of carbonyl (C=O) groups excluding carboxylic acids is 1. The van der Waals surface area contributed by atoms with E-state index in [1.807, 2.05) is 12.1 Å². The lowest BCUT2D eigenvalue weighted by Gasteiger charge is -2.22. The van der Waals surface area contributed by atoms with Crippen LogP contribution in [0.3, 0.4) is 0 Å². The van der Waals surface area contributed by atoms with E-state index in [1.54, 1.807) is 24.3 Å². The lowest BCUT2D eigenvalue weighted by atomic mass is 9.86. The SMILES string of the molecule is CC(C)c1nc2c(c(-c3ccc(F)cc3)c1/C=C/C(O)CC(O)CC(=O)[O-])CCCc1ccccc1-2. The van der Waals surface area contributed by atoms with Gasteiger partial charge in [0.05, 0.1) is 23.6 Å². The molecular formula is C30H31FNO4-. The third-order valence-corrected chi connectivity index (χ3v) is 6.59. The first-order valence-electron chi connectivity index (χ1n) is 12.4. The number of aliphatic hydroxyl groups is 2. The number of carboxylic acids is 1. The predicted octanol–water partition coefficient (Wildman–Crippen LogP) is 4.43. The maximum atomic E-state index is 13.8. The number of aliphatic carboxylic acids is 1. The lowest BCUT2D eigenvalue weighted by molar-refractivity contribution is -0.307. The molecule has 0 bridgehead atoms. The number of hydrogen-bond acceptors (Lipinski definition) is 5. The van der Waals surface area contributed by atoms with E-state index < -0.39 is 24.6 Å². The largest absolute Gasteiger partial charge is 0.550 e. The maximum Gasteiger partial charge on any atom is 0.123 e. The Morgan fingerprint density at radius 3 is 2.53 bits per heavy atom. The number of aliphatic hydroxyl groups excluding tert-OH is 2. The fourth-order valence-corrected chi connectivity index (χ4v) is 4.94. The molecule has 188 valence electrons. The number of carboxylic acid groups (broad SMARTS) is 1. The highest BCUT2D eigenvalue weighted by Gasteiger charge is 2.25. The molecule has 36 heavy (non-hydrogen) atoms. The fraction of sp³-hybridized carbons (Fsp3) is 0.333. The third-order valence-electron chi connectivity index (χ3n) is 6.59. The number of benzene rings is 2. The second-order valence-electron chi connectivity index (χ2n) is 9.68. The molecule has 0 spiro atoms. The molecule has 1 aliphatic rings. The zero-order valence-electron chi connectivity index (χ0n) is 20.6. The van der Waals surface area contributed by atoms with Gasteiger partial charge < -0.3 is 20.1 Å². The van der Waals surface area contributed by atoms with Crippen LogP contribution in [-0.4, -0.2) is 33.4 Å². The van der Waals surface area contributed by atoms with Gasteiger partial charge in [-0.3, -0.25) is 4.98 Å². The second-order valence-corrected chi connectivity index (χ2v) is 9.68. The van der Waals surface area contributed by atoms with Crippen molar-refractivity contribution in [2.45, 2.75) is 64.1 Å². The molecule has 2 N–H and O–H groups in total. The van der Waals surface area contributed by atoms with Gasteiger partial charge >= 0.3 is 0 Å². The van der Waals surface area contributed by atoms with Gasteiger partial charge in [0.25, 0.3) is 0 Å². The van der Waals surface area contributed by atoms with E-state index in [2.05, 4.69) is 26.0 Å². The van der Waals surface area contributed by atoms with Gasteiger partial charge in [-0.25, -0.2) is 4.39 Å². The molecule has 2 unspecified atom stereocenters. The Morgan fingerprint density at radius 2 is 1.83 bits per heavy atom. The number of nitrogens with zero attached hydrogens (tertiary/aromatic N) is 1. The summed E-state index contributed by atoms with van der Waals surface area (Å²) in [6.07, 6.45) is 3.12. The van der Waals surface area contributed by atoms with Gasteiger partial charge in [-0.1, -0.05) is 62.4 Å². The molecule has 2 aromatic carbocycles. The molecule has 1 aromatic heterocycles. The van der Waals surface area contributed by atoms with E-state index in [0.29, 0.717) is 0 Å². The average molecular weight is 489 g/mol. The predicted molar refractivity (Wildman–Crippen MR) is 136 cm³/mol. The number of halogens is 1. The van der Waals surface area contributed by atoms with Crippen molar-refractivity contribution in [1.29, 1.82) is 0 Å². The van der Waals surface area contributed by atoms with Gasteiger partial charge in [0, 0.05) is 29.9 Å². The Morgan fingerprint density at radius 1 is 1.11 bits per heavy atom. The molecule has 0 amide bonds. The van der Waals surface area contributed by atoms with E-state index in [4.69, 9.17) is 4.98 Å². The maximum absolute atomic E-state index is 13.8. The first kappa shape index (κ1) is 25.7. The molecule has 1 aliphatic carbocycles. The van der Waals surface area contributed by atoms with Crippen LogP contribution < -0.4 is 5.11 Å². The molecule has 0 radical (unpaired) electrons. The number of carbonyl (C=O) groups is 1. The Bertz CT molecular complexity index is 1270. The van der Waals surface area contributed by atoms with E-state index in [0.717, 1.165) is 58.5 Å². The van der Waals surface area contributed by atoms with E-state index >= 15 is 0 Å². The summed E-state index contributed by atoms with van der Waals surface area (Å²) in [5, 5.41) is 31.2. The smallest absolute Gasteiger partial charge is 0.123 e. The highest BCUT2D eigenvalue weighted by atomic mass is 19.1. The Balaban J connectivity index is 1.90. The molecule has 2 atom stereocenters. The van der Waals surface area contributed by atoms with Gasteiger partial charge in [-0.2, -0.15) is 0 Å². The number of hydrogen-bond donors (Lipinski definition) is 2. The van der Waals surface area contributed by atoms with Crippen LogP contribution in [0.2, 0.25) is 0 Å². The first-order chi connectivity index (χ1) is 17.2. The van der Waals surface area contributed by atoms with Crippen molar-refractivity contribution in [3.05, 3.63) is 82.8 Å². The van der Waals surface area contributed by atoms with E-state index in [1.165, 1.54) is 17.7 Å². The molecule has 0 aliphatic heterocycles. The van der Waals surface area contributed by atoms with Crippen LogP contribution in [0.15, 0.2) is 54.6 Å². The van der Waals surface area contributed by atoms with Crippen molar-refractivity contribution in [2.24, 2.45) is 0 Å². The van der Waals surface area contributed by atoms with Crippen LogP contribution in [0.4, 0.5) is 4.39 Å². The van der Waals surface area contributed by atoms with Gasteiger partial charge in [0.1, 0.15) is 5.82 Å². The minimum Gasteiger partial charge on any atom is -0.550 e. The number of pyridine rings is 1. The zero-order chi connectivity index (χ0) is 25.8.